The molecule has 6 heterocycles. The molecule has 4 nitrogen and oxygen atoms in total. The van der Waals surface area contributed by atoms with Crippen molar-refractivity contribution in [2.24, 2.45) is 0 Å². The lowest BCUT2D eigenvalue weighted by molar-refractivity contribution is 0.348. The van der Waals surface area contributed by atoms with Crippen molar-refractivity contribution < 1.29 is 0 Å². The standard InChI is InChI=1S/C78H60B2N4/c1-7-27-51(28-8-1)81(52-29-9-2-10-30-52)55-47-59-71-69-57-35-15-21-41-67(57)84-76(69)72(70-58-36-16-22-42-68(58)83(75(70)71)79-65-39-19-17-37-61(65)77(43-23-5-24-44-77)63(49-55)73(59)79)60-48-56(82(53-31-11-3-12-32-53)54-33-13-4-14-34-54)50-64-74(60)80(84)66-40-20-18-38-62(66)78(64)45-25-6-26-46-78/h1-4,7-22,27-42,47-50H,5-6,23-26,43-46H2. The molecule has 2 aliphatic carbocycles. The molecule has 2 fully saturated rings. The zero-order valence-electron chi connectivity index (χ0n) is 47.1. The van der Waals surface area contributed by atoms with Gasteiger partial charge in [-0.15, -0.1) is 0 Å². The first-order valence-corrected chi connectivity index (χ1v) is 31.1. The minimum Gasteiger partial charge on any atom is -0.375 e. The molecule has 11 aromatic carbocycles. The Hall–Kier alpha value is -9.25. The monoisotopic (exact) mass is 1070 g/mol. The van der Waals surface area contributed by atoms with E-state index in [1.165, 1.54) is 160 Å². The smallest absolute Gasteiger partial charge is 0.329 e. The van der Waals surface area contributed by atoms with Crippen LogP contribution in [0.3, 0.4) is 0 Å². The molecule has 0 amide bonds. The molecule has 2 spiro atoms. The molecule has 6 heteroatoms. The first kappa shape index (κ1) is 47.3. The van der Waals surface area contributed by atoms with Gasteiger partial charge in [0.15, 0.2) is 0 Å². The molecule has 0 N–H and O–H groups in total. The van der Waals surface area contributed by atoms with E-state index in [1.807, 2.05) is 0 Å². The van der Waals surface area contributed by atoms with E-state index < -0.39 is 0 Å². The zero-order valence-corrected chi connectivity index (χ0v) is 47.1. The Morgan fingerprint density at radius 1 is 0.310 bits per heavy atom. The predicted octanol–water partition coefficient (Wildman–Crippen LogP) is 17.2. The molecule has 2 aromatic heterocycles. The maximum Gasteiger partial charge on any atom is 0.329 e. The SMILES string of the molecule is c1ccc(N(c2ccccc2)c2cc3c4c(c2)C2(CCCCC2)c2ccccc2B4n2c4ccccc4c4c5c6c(c-3c42)c2ccccc2n6B2c3ccccc3C3(CCCCC3)c3cc(N(c4ccccc4)c4ccccc4)cc-5c32)cc1. The normalized spacial score (nSPS) is 16.2. The van der Waals surface area contributed by atoms with Crippen LogP contribution in [0.4, 0.5) is 34.1 Å². The predicted molar refractivity (Wildman–Crippen MR) is 354 cm³/mol. The van der Waals surface area contributed by atoms with Gasteiger partial charge in [0, 0.05) is 99.7 Å². The van der Waals surface area contributed by atoms with Gasteiger partial charge < -0.3 is 18.8 Å². The van der Waals surface area contributed by atoms with Crippen LogP contribution >= 0.6 is 0 Å². The van der Waals surface area contributed by atoms with Gasteiger partial charge in [0.1, 0.15) is 0 Å². The lowest BCUT2D eigenvalue weighted by Crippen LogP contribution is -2.61. The van der Waals surface area contributed by atoms with Crippen molar-refractivity contribution in [3.05, 3.63) is 265 Å². The Morgan fingerprint density at radius 3 is 1.02 bits per heavy atom. The molecule has 2 saturated carbocycles. The summed E-state index contributed by atoms with van der Waals surface area (Å²) in [6.07, 6.45) is 12.0. The Balaban J connectivity index is 1.04. The van der Waals surface area contributed by atoms with E-state index in [9.17, 15) is 0 Å². The van der Waals surface area contributed by atoms with Crippen LogP contribution in [0.25, 0.3) is 65.9 Å². The maximum atomic E-state index is 2.87. The number of aromatic nitrogens is 2. The number of benzene rings is 11. The summed E-state index contributed by atoms with van der Waals surface area (Å²) in [6.45, 7) is -0.0774. The summed E-state index contributed by atoms with van der Waals surface area (Å²) in [5, 5.41) is 5.39. The fourth-order valence-electron chi connectivity index (χ4n) is 18.2. The summed E-state index contributed by atoms with van der Waals surface area (Å²) in [5.74, 6) is 0. The maximum absolute atomic E-state index is 2.87. The average molecular weight is 1070 g/mol. The summed E-state index contributed by atoms with van der Waals surface area (Å²) in [5.41, 5.74) is 29.6. The van der Waals surface area contributed by atoms with Crippen LogP contribution in [0.5, 0.6) is 0 Å². The van der Waals surface area contributed by atoms with Crippen molar-refractivity contribution in [3.8, 4) is 22.3 Å². The number of hydrogen-bond acceptors (Lipinski definition) is 2. The van der Waals surface area contributed by atoms with E-state index in [2.05, 4.69) is 261 Å². The van der Waals surface area contributed by atoms with Crippen LogP contribution in [-0.2, 0) is 10.8 Å². The highest BCUT2D eigenvalue weighted by Crippen LogP contribution is 2.59. The largest absolute Gasteiger partial charge is 0.375 e. The summed E-state index contributed by atoms with van der Waals surface area (Å²) in [4.78, 5) is 5.10. The molecular formula is C78H60B2N4. The fourth-order valence-corrected chi connectivity index (χ4v) is 18.2. The molecule has 0 saturated heterocycles. The lowest BCUT2D eigenvalue weighted by Gasteiger charge is -2.49. The highest BCUT2D eigenvalue weighted by atomic mass is 15.1. The summed E-state index contributed by atoms with van der Waals surface area (Å²) >= 11 is 0. The van der Waals surface area contributed by atoms with Crippen LogP contribution in [-0.4, -0.2) is 22.7 Å². The van der Waals surface area contributed by atoms with E-state index in [4.69, 9.17) is 0 Å². The lowest BCUT2D eigenvalue weighted by atomic mass is 9.37. The number of fused-ring (bicyclic) bond motifs is 20. The average Bonchev–Trinajstić information content (AvgIpc) is 1.41. The molecule has 0 unspecified atom stereocenters. The summed E-state index contributed by atoms with van der Waals surface area (Å²) in [7, 11) is 0. The minimum absolute atomic E-state index is 0.0387. The highest BCUT2D eigenvalue weighted by molar-refractivity contribution is 6.90. The van der Waals surface area contributed by atoms with Gasteiger partial charge in [-0.25, -0.2) is 0 Å². The van der Waals surface area contributed by atoms with E-state index in [0.29, 0.717) is 0 Å². The van der Waals surface area contributed by atoms with Crippen LogP contribution in [0.15, 0.2) is 243 Å². The van der Waals surface area contributed by atoms with Gasteiger partial charge in [-0.2, -0.15) is 0 Å². The van der Waals surface area contributed by atoms with Gasteiger partial charge in [-0.1, -0.05) is 196 Å². The topological polar surface area (TPSA) is 16.3 Å². The molecule has 6 aliphatic rings. The van der Waals surface area contributed by atoms with E-state index in [1.54, 1.807) is 0 Å². The molecule has 0 bridgehead atoms. The number of hydrogen-bond donors (Lipinski definition) is 0. The van der Waals surface area contributed by atoms with Crippen LogP contribution in [0, 0.1) is 0 Å². The van der Waals surface area contributed by atoms with Gasteiger partial charge in [0.05, 0.1) is 0 Å². The molecule has 0 atom stereocenters. The minimum atomic E-state index is -0.140. The summed E-state index contributed by atoms with van der Waals surface area (Å²) < 4.78 is 5.74. The molecule has 0 radical (unpaired) electrons. The van der Waals surface area contributed by atoms with Crippen molar-refractivity contribution in [1.82, 2.24) is 8.96 Å². The van der Waals surface area contributed by atoms with Crippen molar-refractivity contribution in [1.29, 1.82) is 0 Å². The fraction of sp³-hybridized carbons (Fsp3) is 0.154. The molecule has 19 rings (SSSR count). The third-order valence-electron chi connectivity index (χ3n) is 21.3. The van der Waals surface area contributed by atoms with Crippen LogP contribution in [0.1, 0.15) is 86.5 Å². The van der Waals surface area contributed by atoms with Gasteiger partial charge in [-0.3, -0.25) is 0 Å². The third kappa shape index (κ3) is 6.15. The van der Waals surface area contributed by atoms with Gasteiger partial charge in [-0.05, 0) is 166 Å². The molecule has 4 aliphatic heterocycles. The Kier molecular flexibility index (Phi) is 9.93. The van der Waals surface area contributed by atoms with Gasteiger partial charge in [0.2, 0.25) is 0 Å². The van der Waals surface area contributed by atoms with Crippen molar-refractivity contribution >= 4 is 113 Å². The highest BCUT2D eigenvalue weighted by Gasteiger charge is 2.54. The van der Waals surface area contributed by atoms with Crippen LogP contribution < -0.4 is 31.7 Å². The van der Waals surface area contributed by atoms with E-state index in [-0.39, 0.29) is 24.5 Å². The van der Waals surface area contributed by atoms with Crippen molar-refractivity contribution in [2.75, 3.05) is 9.80 Å². The Bertz CT molecular complexity index is 4490. The second kappa shape index (κ2) is 17.6. The van der Waals surface area contributed by atoms with Crippen molar-refractivity contribution in [3.63, 3.8) is 0 Å². The first-order valence-electron chi connectivity index (χ1n) is 31.1. The first-order chi connectivity index (χ1) is 41.7. The zero-order chi connectivity index (χ0) is 54.8. The number of nitrogens with zero attached hydrogens (tertiary/aromatic N) is 4. The second-order valence-corrected chi connectivity index (χ2v) is 25.2. The summed E-state index contributed by atoms with van der Waals surface area (Å²) in [6, 6.07) is 93.8. The number of anilines is 6. The number of para-hydroxylation sites is 6. The molecular weight excluding hydrogens is 1010 g/mol. The van der Waals surface area contributed by atoms with Crippen LogP contribution in [0.2, 0.25) is 0 Å². The molecule has 13 aromatic rings. The second-order valence-electron chi connectivity index (χ2n) is 25.2. The quantitative estimate of drug-likeness (QED) is 0.154. The van der Waals surface area contributed by atoms with Gasteiger partial charge >= 0.3 is 13.7 Å². The van der Waals surface area contributed by atoms with E-state index in [0.717, 1.165) is 48.4 Å². The van der Waals surface area contributed by atoms with Crippen molar-refractivity contribution in [2.45, 2.75) is 75.0 Å². The number of rotatable bonds is 6. The van der Waals surface area contributed by atoms with E-state index >= 15 is 0 Å². The Morgan fingerprint density at radius 2 is 0.643 bits per heavy atom. The van der Waals surface area contributed by atoms with Gasteiger partial charge in [0.25, 0.3) is 0 Å². The molecule has 398 valence electrons. The molecule has 84 heavy (non-hydrogen) atoms. The third-order valence-corrected chi connectivity index (χ3v) is 21.3. The Labute approximate surface area is 491 Å².